The Labute approximate surface area is 261 Å². The summed E-state index contributed by atoms with van der Waals surface area (Å²) in [7, 11) is 4.61. The minimum Gasteiger partial charge on any atom is -0.493 e. The SMILES string of the molecule is COc1cc(/C(C)=N\Nc2ccc(C(=O)N/N=C(\C)c3cc(OC)c(OC)c(OC)c3)cc2)cc(OC)c1OC.O=S(=O)(O)O. The quantitative estimate of drug-likeness (QED) is 0.125. The number of nitrogens with one attached hydrogen (secondary N) is 2. The largest absolute Gasteiger partial charge is 0.493 e. The van der Waals surface area contributed by atoms with Crippen LogP contribution in [0.1, 0.15) is 35.3 Å². The first kappa shape index (κ1) is 36.1. The van der Waals surface area contributed by atoms with Crippen LogP contribution in [0.25, 0.3) is 0 Å². The molecule has 0 atom stereocenters. The van der Waals surface area contributed by atoms with Crippen LogP contribution in [0.5, 0.6) is 34.5 Å². The molecule has 4 N–H and O–H groups in total. The van der Waals surface area contributed by atoms with Gasteiger partial charge in [-0.3, -0.25) is 19.3 Å². The number of benzene rings is 3. The van der Waals surface area contributed by atoms with Gasteiger partial charge in [-0.2, -0.15) is 18.6 Å². The van der Waals surface area contributed by atoms with Crippen LogP contribution in [-0.2, 0) is 10.4 Å². The Bertz CT molecular complexity index is 1580. The van der Waals surface area contributed by atoms with Gasteiger partial charge in [-0.1, -0.05) is 0 Å². The molecule has 244 valence electrons. The van der Waals surface area contributed by atoms with Gasteiger partial charge in [0, 0.05) is 16.7 Å². The van der Waals surface area contributed by atoms with Gasteiger partial charge in [-0.25, -0.2) is 5.43 Å². The first-order chi connectivity index (χ1) is 21.3. The number of nitrogens with zero attached hydrogens (tertiary/aromatic N) is 2. The molecule has 16 heteroatoms. The summed E-state index contributed by atoms with van der Waals surface area (Å²) in [6, 6.07) is 14.0. The first-order valence-electron chi connectivity index (χ1n) is 12.9. The lowest BCUT2D eigenvalue weighted by Gasteiger charge is -2.14. The molecule has 0 saturated heterocycles. The molecule has 0 unspecified atom stereocenters. The molecule has 3 rings (SSSR count). The molecule has 0 aliphatic rings. The number of hydrazone groups is 2. The standard InChI is InChI=1S/C29H34N4O7.H2O4S/c1-17(20-13-23(35-3)27(39-7)24(14-20)36-4)30-32-22-11-9-19(10-12-22)29(34)33-31-18(2)21-15-25(37-5)28(40-8)26(16-21)38-6;1-5(2,3)4/h9-16,32H,1-8H3,(H,33,34);(H2,1,2,3,4)/b30-17-,31-18+;. The molecule has 0 heterocycles. The summed E-state index contributed by atoms with van der Waals surface area (Å²) in [5, 5.41) is 8.67. The summed E-state index contributed by atoms with van der Waals surface area (Å²) in [5.41, 5.74) is 9.44. The van der Waals surface area contributed by atoms with Crippen LogP contribution < -0.4 is 39.3 Å². The molecule has 0 fully saturated rings. The van der Waals surface area contributed by atoms with Gasteiger partial charge >= 0.3 is 10.4 Å². The predicted molar refractivity (Wildman–Crippen MR) is 168 cm³/mol. The molecule has 0 bridgehead atoms. The van der Waals surface area contributed by atoms with Crippen LogP contribution >= 0.6 is 0 Å². The second kappa shape index (κ2) is 16.7. The van der Waals surface area contributed by atoms with E-state index in [1.165, 1.54) is 21.3 Å². The zero-order valence-corrected chi connectivity index (χ0v) is 26.8. The highest BCUT2D eigenvalue weighted by atomic mass is 32.3. The maximum Gasteiger partial charge on any atom is 0.394 e. The van der Waals surface area contributed by atoms with E-state index in [1.807, 2.05) is 19.1 Å². The van der Waals surface area contributed by atoms with Gasteiger partial charge in [0.25, 0.3) is 5.91 Å². The van der Waals surface area contributed by atoms with Crippen molar-refractivity contribution >= 4 is 33.4 Å². The molecular formula is C29H36N4O11S. The molecule has 0 aromatic heterocycles. The lowest BCUT2D eigenvalue weighted by Crippen LogP contribution is -2.19. The van der Waals surface area contributed by atoms with Gasteiger partial charge in [-0.05, 0) is 62.4 Å². The Hall–Kier alpha value is -5.06. The second-order valence-corrected chi connectivity index (χ2v) is 9.70. The van der Waals surface area contributed by atoms with Gasteiger partial charge in [-0.15, -0.1) is 0 Å². The third-order valence-corrected chi connectivity index (χ3v) is 5.99. The van der Waals surface area contributed by atoms with Crippen molar-refractivity contribution in [3.63, 3.8) is 0 Å². The Kier molecular flexibility index (Phi) is 13.4. The van der Waals surface area contributed by atoms with Crippen LogP contribution in [0.15, 0.2) is 58.7 Å². The summed E-state index contributed by atoms with van der Waals surface area (Å²) in [4.78, 5) is 12.7. The van der Waals surface area contributed by atoms with Crippen molar-refractivity contribution in [2.24, 2.45) is 10.2 Å². The lowest BCUT2D eigenvalue weighted by atomic mass is 10.1. The van der Waals surface area contributed by atoms with Crippen molar-refractivity contribution in [1.82, 2.24) is 5.43 Å². The number of hydrogen-bond acceptors (Lipinski definition) is 12. The third kappa shape index (κ3) is 10.6. The summed E-state index contributed by atoms with van der Waals surface area (Å²) >= 11 is 0. The topological polar surface area (TPSA) is 196 Å². The van der Waals surface area contributed by atoms with Crippen molar-refractivity contribution in [3.8, 4) is 34.5 Å². The van der Waals surface area contributed by atoms with Crippen molar-refractivity contribution in [3.05, 3.63) is 65.2 Å². The molecule has 0 saturated carbocycles. The monoisotopic (exact) mass is 648 g/mol. The molecule has 0 radical (unpaired) electrons. The van der Waals surface area contributed by atoms with Crippen LogP contribution in [0.2, 0.25) is 0 Å². The zero-order valence-electron chi connectivity index (χ0n) is 26.0. The van der Waals surface area contributed by atoms with Crippen LogP contribution in [-0.4, -0.2) is 77.5 Å². The van der Waals surface area contributed by atoms with E-state index >= 15 is 0 Å². The molecule has 15 nitrogen and oxygen atoms in total. The van der Waals surface area contributed by atoms with Crippen LogP contribution in [0.4, 0.5) is 5.69 Å². The molecule has 0 spiro atoms. The van der Waals surface area contributed by atoms with E-state index in [1.54, 1.807) is 64.7 Å². The number of hydrogen-bond donors (Lipinski definition) is 4. The van der Waals surface area contributed by atoms with E-state index in [9.17, 15) is 4.79 Å². The van der Waals surface area contributed by atoms with E-state index < -0.39 is 10.4 Å². The van der Waals surface area contributed by atoms with Crippen LogP contribution in [0.3, 0.4) is 0 Å². The molecule has 1 amide bonds. The number of methoxy groups -OCH3 is 6. The van der Waals surface area contributed by atoms with E-state index in [0.29, 0.717) is 62.7 Å². The van der Waals surface area contributed by atoms with Gasteiger partial charge < -0.3 is 28.4 Å². The van der Waals surface area contributed by atoms with E-state index in [0.717, 1.165) is 5.56 Å². The summed E-state index contributed by atoms with van der Waals surface area (Å²) in [6.45, 7) is 3.62. The first-order valence-corrected chi connectivity index (χ1v) is 14.2. The van der Waals surface area contributed by atoms with Crippen molar-refractivity contribution in [2.75, 3.05) is 48.1 Å². The molecule has 3 aromatic rings. The van der Waals surface area contributed by atoms with Gasteiger partial charge in [0.2, 0.25) is 11.5 Å². The maximum absolute atomic E-state index is 12.7. The second-order valence-electron chi connectivity index (χ2n) is 8.80. The third-order valence-electron chi connectivity index (χ3n) is 5.99. The fraction of sp³-hybridized carbons (Fsp3) is 0.276. The number of rotatable bonds is 12. The Morgan fingerprint density at radius 2 is 0.978 bits per heavy atom. The molecule has 3 aromatic carbocycles. The zero-order chi connectivity index (χ0) is 33.7. The summed E-state index contributed by atoms with van der Waals surface area (Å²) in [6.07, 6.45) is 0. The number of amides is 1. The summed E-state index contributed by atoms with van der Waals surface area (Å²) in [5.74, 6) is 2.66. The minimum absolute atomic E-state index is 0.365. The molecule has 0 aliphatic carbocycles. The fourth-order valence-corrected chi connectivity index (χ4v) is 3.75. The maximum atomic E-state index is 12.7. The molecule has 45 heavy (non-hydrogen) atoms. The number of carbonyl (C=O) groups is 1. The van der Waals surface area contributed by atoms with E-state index in [-0.39, 0.29) is 5.91 Å². The lowest BCUT2D eigenvalue weighted by molar-refractivity contribution is 0.0954. The van der Waals surface area contributed by atoms with Crippen LogP contribution in [0, 0.1) is 0 Å². The molecule has 0 aliphatic heterocycles. The number of anilines is 1. The van der Waals surface area contributed by atoms with Gasteiger partial charge in [0.15, 0.2) is 23.0 Å². The Balaban J connectivity index is 0.00000130. The highest BCUT2D eigenvalue weighted by molar-refractivity contribution is 7.79. The van der Waals surface area contributed by atoms with Gasteiger partial charge in [0.05, 0.1) is 59.8 Å². The Morgan fingerprint density at radius 1 is 0.622 bits per heavy atom. The van der Waals surface area contributed by atoms with Gasteiger partial charge in [0.1, 0.15) is 0 Å². The highest BCUT2D eigenvalue weighted by Crippen LogP contribution is 2.39. The molecular weight excluding hydrogens is 612 g/mol. The minimum atomic E-state index is -4.67. The fourth-order valence-electron chi connectivity index (χ4n) is 3.75. The van der Waals surface area contributed by atoms with E-state index in [2.05, 4.69) is 21.1 Å². The smallest absolute Gasteiger partial charge is 0.394 e. The predicted octanol–water partition coefficient (Wildman–Crippen LogP) is 4.08. The average Bonchev–Trinajstić information content (AvgIpc) is 3.03. The Morgan fingerprint density at radius 3 is 1.31 bits per heavy atom. The average molecular weight is 649 g/mol. The van der Waals surface area contributed by atoms with Crippen molar-refractivity contribution < 1.29 is 50.7 Å². The van der Waals surface area contributed by atoms with Crippen molar-refractivity contribution in [2.45, 2.75) is 13.8 Å². The highest BCUT2D eigenvalue weighted by Gasteiger charge is 2.16. The normalized spacial score (nSPS) is 11.4. The number of carbonyl (C=O) groups excluding carboxylic acids is 1. The summed E-state index contributed by atoms with van der Waals surface area (Å²) < 4.78 is 63.9. The van der Waals surface area contributed by atoms with E-state index in [4.69, 9.17) is 45.9 Å². The number of ether oxygens (including phenoxy) is 6. The van der Waals surface area contributed by atoms with Crippen molar-refractivity contribution in [1.29, 1.82) is 0 Å².